The molecular formula is C24H34N2O3. The lowest BCUT2D eigenvalue weighted by atomic mass is 9.98. The van der Waals surface area contributed by atoms with Crippen molar-refractivity contribution in [1.29, 1.82) is 0 Å². The molecule has 2 aromatic rings. The molecule has 2 aliphatic rings. The number of piperazine rings is 1. The third kappa shape index (κ3) is 5.16. The summed E-state index contributed by atoms with van der Waals surface area (Å²) >= 11 is 0. The number of fused-ring (bicyclic) bond motifs is 1. The highest BCUT2D eigenvalue weighted by atomic mass is 16.8. The number of hydrogen-bond acceptors (Lipinski definition) is 5. The molecule has 0 N–H and O–H groups in total. The summed E-state index contributed by atoms with van der Waals surface area (Å²) in [6.07, 6.45) is 2.95. The van der Waals surface area contributed by atoms with Gasteiger partial charge in [-0.2, -0.15) is 0 Å². The van der Waals surface area contributed by atoms with Crippen LogP contribution in [0.15, 0.2) is 42.5 Å². The second kappa shape index (κ2) is 9.54. The van der Waals surface area contributed by atoms with Gasteiger partial charge < -0.3 is 19.1 Å². The predicted octanol–water partition coefficient (Wildman–Crippen LogP) is 3.82. The van der Waals surface area contributed by atoms with E-state index in [-0.39, 0.29) is 6.29 Å². The molecule has 2 atom stereocenters. The summed E-state index contributed by atoms with van der Waals surface area (Å²) in [7, 11) is 2.18. The fourth-order valence-corrected chi connectivity index (χ4v) is 4.29. The molecular weight excluding hydrogens is 364 g/mol. The molecule has 0 amide bonds. The molecule has 5 nitrogen and oxygen atoms in total. The molecule has 0 aliphatic carbocycles. The smallest absolute Gasteiger partial charge is 0.195 e. The maximum atomic E-state index is 6.51. The van der Waals surface area contributed by atoms with Crippen LogP contribution in [0, 0.1) is 0 Å². The van der Waals surface area contributed by atoms with Crippen LogP contribution < -0.4 is 0 Å². The molecule has 2 fully saturated rings. The molecule has 0 aromatic heterocycles. The lowest BCUT2D eigenvalue weighted by Gasteiger charge is -2.37. The number of rotatable bonds is 7. The van der Waals surface area contributed by atoms with E-state index in [0.29, 0.717) is 6.61 Å². The van der Waals surface area contributed by atoms with Gasteiger partial charge in [0.1, 0.15) is 0 Å². The summed E-state index contributed by atoms with van der Waals surface area (Å²) < 4.78 is 18.9. The minimum atomic E-state index is -0.838. The van der Waals surface area contributed by atoms with Gasteiger partial charge in [0.05, 0.1) is 6.61 Å². The first-order valence-corrected chi connectivity index (χ1v) is 11.0. The van der Waals surface area contributed by atoms with Crippen LogP contribution in [0.2, 0.25) is 0 Å². The highest BCUT2D eigenvalue weighted by Crippen LogP contribution is 2.35. The fourth-order valence-electron chi connectivity index (χ4n) is 4.29. The van der Waals surface area contributed by atoms with E-state index >= 15 is 0 Å². The maximum absolute atomic E-state index is 6.51. The van der Waals surface area contributed by atoms with Crippen molar-refractivity contribution in [3.8, 4) is 0 Å². The topological polar surface area (TPSA) is 34.2 Å². The van der Waals surface area contributed by atoms with Crippen molar-refractivity contribution in [1.82, 2.24) is 9.80 Å². The van der Waals surface area contributed by atoms with Crippen LogP contribution in [0.3, 0.4) is 0 Å². The van der Waals surface area contributed by atoms with E-state index in [1.807, 2.05) is 0 Å². The zero-order valence-corrected chi connectivity index (χ0v) is 17.8. The molecule has 5 heteroatoms. The van der Waals surface area contributed by atoms with E-state index in [2.05, 4.69) is 66.2 Å². The second-order valence-corrected chi connectivity index (χ2v) is 8.38. The van der Waals surface area contributed by atoms with Crippen molar-refractivity contribution in [2.45, 2.75) is 38.3 Å². The van der Waals surface area contributed by atoms with Crippen molar-refractivity contribution in [3.05, 3.63) is 48.0 Å². The Morgan fingerprint density at radius 3 is 2.62 bits per heavy atom. The van der Waals surface area contributed by atoms with Crippen LogP contribution in [0.4, 0.5) is 0 Å². The van der Waals surface area contributed by atoms with Crippen LogP contribution in [-0.2, 0) is 20.0 Å². The molecule has 0 bridgehead atoms. The predicted molar refractivity (Wildman–Crippen MR) is 116 cm³/mol. The van der Waals surface area contributed by atoms with Crippen molar-refractivity contribution in [3.63, 3.8) is 0 Å². The third-order valence-corrected chi connectivity index (χ3v) is 6.15. The summed E-state index contributed by atoms with van der Waals surface area (Å²) in [5.41, 5.74) is 1.07. The van der Waals surface area contributed by atoms with Gasteiger partial charge in [0.15, 0.2) is 12.1 Å². The van der Waals surface area contributed by atoms with Gasteiger partial charge >= 0.3 is 0 Å². The summed E-state index contributed by atoms with van der Waals surface area (Å²) in [5, 5.41) is 2.37. The van der Waals surface area contributed by atoms with Gasteiger partial charge in [-0.15, -0.1) is 0 Å². The fraction of sp³-hybridized carbons (Fsp3) is 0.583. The Morgan fingerprint density at radius 1 is 1.03 bits per heavy atom. The molecule has 2 aromatic carbocycles. The zero-order valence-electron chi connectivity index (χ0n) is 17.8. The minimum absolute atomic E-state index is 0.212. The molecule has 2 heterocycles. The standard InChI is InChI=1S/C24H34N2O3/c1-24(29-23-12-5-6-18-27-23,28-19-17-26-15-13-25(2)14-16-26)22-11-7-9-20-8-3-4-10-21(20)22/h3-4,7-11,23H,5-6,12-19H2,1-2H3. The Bertz CT molecular complexity index is 779. The van der Waals surface area contributed by atoms with Crippen LogP contribution >= 0.6 is 0 Å². The summed E-state index contributed by atoms with van der Waals surface area (Å²) in [6.45, 7) is 8.79. The van der Waals surface area contributed by atoms with Crippen molar-refractivity contribution in [2.75, 3.05) is 53.0 Å². The molecule has 2 aliphatic heterocycles. The van der Waals surface area contributed by atoms with Crippen LogP contribution in [-0.4, -0.2) is 69.1 Å². The number of ether oxygens (including phenoxy) is 3. The third-order valence-electron chi connectivity index (χ3n) is 6.15. The Balaban J connectivity index is 1.52. The molecule has 0 spiro atoms. The van der Waals surface area contributed by atoms with Gasteiger partial charge in [0.2, 0.25) is 0 Å². The second-order valence-electron chi connectivity index (χ2n) is 8.38. The van der Waals surface area contributed by atoms with Crippen LogP contribution in [0.5, 0.6) is 0 Å². The van der Waals surface area contributed by atoms with Gasteiger partial charge in [-0.1, -0.05) is 42.5 Å². The summed E-state index contributed by atoms with van der Waals surface area (Å²) in [5.74, 6) is -0.838. The quantitative estimate of drug-likeness (QED) is 0.663. The first-order chi connectivity index (χ1) is 14.1. The lowest BCUT2D eigenvalue weighted by molar-refractivity contribution is -0.316. The average Bonchev–Trinajstić information content (AvgIpc) is 2.75. The average molecular weight is 399 g/mol. The van der Waals surface area contributed by atoms with Crippen LogP contribution in [0.1, 0.15) is 31.7 Å². The molecule has 0 radical (unpaired) electrons. The van der Waals surface area contributed by atoms with E-state index in [1.165, 1.54) is 10.8 Å². The van der Waals surface area contributed by atoms with E-state index in [0.717, 1.165) is 64.2 Å². The SMILES string of the molecule is CN1CCN(CCOC(C)(OC2CCCCO2)c2cccc3ccccc23)CC1. The number of hydrogen-bond donors (Lipinski definition) is 0. The van der Waals surface area contributed by atoms with Crippen molar-refractivity contribution < 1.29 is 14.2 Å². The summed E-state index contributed by atoms with van der Waals surface area (Å²) in [6, 6.07) is 14.8. The largest absolute Gasteiger partial charge is 0.353 e. The first kappa shape index (κ1) is 20.8. The Kier molecular flexibility index (Phi) is 6.83. The van der Waals surface area contributed by atoms with Crippen LogP contribution in [0.25, 0.3) is 10.8 Å². The number of nitrogens with zero attached hydrogens (tertiary/aromatic N) is 2. The Hall–Kier alpha value is -1.50. The minimum Gasteiger partial charge on any atom is -0.353 e. The van der Waals surface area contributed by atoms with Gasteiger partial charge in [-0.25, -0.2) is 0 Å². The van der Waals surface area contributed by atoms with Crippen molar-refractivity contribution in [2.24, 2.45) is 0 Å². The van der Waals surface area contributed by atoms with Gasteiger partial charge in [0, 0.05) is 44.9 Å². The first-order valence-electron chi connectivity index (χ1n) is 11.0. The Labute approximate surface area is 174 Å². The molecule has 4 rings (SSSR count). The Morgan fingerprint density at radius 2 is 1.83 bits per heavy atom. The highest BCUT2D eigenvalue weighted by Gasteiger charge is 2.35. The van der Waals surface area contributed by atoms with E-state index in [4.69, 9.17) is 14.2 Å². The maximum Gasteiger partial charge on any atom is 0.195 e. The molecule has 158 valence electrons. The number of benzene rings is 2. The molecule has 2 saturated heterocycles. The van der Waals surface area contributed by atoms with Crippen molar-refractivity contribution >= 4 is 10.8 Å². The van der Waals surface area contributed by atoms with Gasteiger partial charge in [0.25, 0.3) is 0 Å². The molecule has 0 saturated carbocycles. The summed E-state index contributed by atoms with van der Waals surface area (Å²) in [4.78, 5) is 4.85. The molecule has 29 heavy (non-hydrogen) atoms. The highest BCUT2D eigenvalue weighted by molar-refractivity contribution is 5.86. The van der Waals surface area contributed by atoms with E-state index in [1.54, 1.807) is 0 Å². The lowest BCUT2D eigenvalue weighted by Crippen LogP contribution is -2.46. The molecule has 2 unspecified atom stereocenters. The monoisotopic (exact) mass is 398 g/mol. The zero-order chi connectivity index (χ0) is 20.1. The van der Waals surface area contributed by atoms with E-state index < -0.39 is 5.79 Å². The van der Waals surface area contributed by atoms with E-state index in [9.17, 15) is 0 Å². The number of likely N-dealkylation sites (N-methyl/N-ethyl adjacent to an activating group) is 1. The van der Waals surface area contributed by atoms with Gasteiger partial charge in [-0.3, -0.25) is 4.90 Å². The van der Waals surface area contributed by atoms with Gasteiger partial charge in [-0.05, 0) is 44.0 Å². The normalized spacial score (nSPS) is 23.9.